The average molecular weight is 427 g/mol. The highest BCUT2D eigenvalue weighted by atomic mass is 32.2. The maximum Gasteiger partial charge on any atom is 0.338 e. The standard InChI is InChI=1S/C21H21N3O5S/c1-3-27-20(26)15-8-10-16(11-9-15)22-18(25)13-30-21-24-23-19(29-21)12-28-17-7-5-4-6-14(17)2/h4-11H,3,12-13H2,1-2H3,(H,22,25). The molecule has 0 saturated carbocycles. The van der Waals surface area contributed by atoms with Gasteiger partial charge in [0.25, 0.3) is 11.1 Å². The monoisotopic (exact) mass is 427 g/mol. The number of hydrogen-bond acceptors (Lipinski definition) is 8. The maximum absolute atomic E-state index is 12.1. The van der Waals surface area contributed by atoms with Gasteiger partial charge in [0.1, 0.15) is 5.75 Å². The Balaban J connectivity index is 1.45. The molecule has 0 aliphatic carbocycles. The lowest BCUT2D eigenvalue weighted by molar-refractivity contribution is -0.113. The summed E-state index contributed by atoms with van der Waals surface area (Å²) in [6.45, 7) is 4.16. The summed E-state index contributed by atoms with van der Waals surface area (Å²) in [6, 6.07) is 14.1. The molecule has 2 aromatic carbocycles. The summed E-state index contributed by atoms with van der Waals surface area (Å²) in [5.41, 5.74) is 2.01. The summed E-state index contributed by atoms with van der Waals surface area (Å²) >= 11 is 1.13. The van der Waals surface area contributed by atoms with Crippen LogP contribution in [-0.4, -0.2) is 34.4 Å². The van der Waals surface area contributed by atoms with Crippen molar-refractivity contribution in [2.24, 2.45) is 0 Å². The number of esters is 1. The Bertz CT molecular complexity index is 1000. The minimum Gasteiger partial charge on any atom is -0.484 e. The van der Waals surface area contributed by atoms with Gasteiger partial charge in [-0.25, -0.2) is 4.79 Å². The number of amides is 1. The van der Waals surface area contributed by atoms with Crippen molar-refractivity contribution in [2.75, 3.05) is 17.7 Å². The number of carbonyl (C=O) groups excluding carboxylic acids is 2. The van der Waals surface area contributed by atoms with Crippen LogP contribution in [0.15, 0.2) is 58.2 Å². The van der Waals surface area contributed by atoms with E-state index in [1.807, 2.05) is 31.2 Å². The van der Waals surface area contributed by atoms with Gasteiger partial charge >= 0.3 is 5.97 Å². The van der Waals surface area contributed by atoms with Gasteiger partial charge in [-0.2, -0.15) is 0 Å². The molecule has 0 bridgehead atoms. The van der Waals surface area contributed by atoms with E-state index in [1.54, 1.807) is 31.2 Å². The van der Waals surface area contributed by atoms with Crippen LogP contribution in [0.1, 0.15) is 28.7 Å². The van der Waals surface area contributed by atoms with Gasteiger partial charge in [-0.3, -0.25) is 4.79 Å². The molecular formula is C21H21N3O5S. The fraction of sp³-hybridized carbons (Fsp3) is 0.238. The van der Waals surface area contributed by atoms with Crippen LogP contribution < -0.4 is 10.1 Å². The number of ether oxygens (including phenoxy) is 2. The van der Waals surface area contributed by atoms with E-state index in [4.69, 9.17) is 13.9 Å². The third-order valence-corrected chi connectivity index (χ3v) is 4.72. The lowest BCUT2D eigenvalue weighted by Crippen LogP contribution is -2.14. The van der Waals surface area contributed by atoms with Crippen LogP contribution >= 0.6 is 11.8 Å². The van der Waals surface area contributed by atoms with Crippen molar-refractivity contribution in [1.29, 1.82) is 0 Å². The highest BCUT2D eigenvalue weighted by Crippen LogP contribution is 2.20. The first-order valence-corrected chi connectivity index (χ1v) is 10.2. The first-order valence-electron chi connectivity index (χ1n) is 9.26. The van der Waals surface area contributed by atoms with Gasteiger partial charge in [0, 0.05) is 5.69 Å². The number of anilines is 1. The summed E-state index contributed by atoms with van der Waals surface area (Å²) in [5.74, 6) is 0.540. The maximum atomic E-state index is 12.1. The molecule has 3 rings (SSSR count). The molecule has 0 radical (unpaired) electrons. The zero-order valence-electron chi connectivity index (χ0n) is 16.6. The molecule has 8 nitrogen and oxygen atoms in total. The van der Waals surface area contributed by atoms with E-state index < -0.39 is 5.97 Å². The Morgan fingerprint density at radius 3 is 2.60 bits per heavy atom. The number of aryl methyl sites for hydroxylation is 1. The number of aromatic nitrogens is 2. The highest BCUT2D eigenvalue weighted by Gasteiger charge is 2.12. The van der Waals surface area contributed by atoms with Crippen molar-refractivity contribution in [3.8, 4) is 5.75 Å². The summed E-state index contributed by atoms with van der Waals surface area (Å²) in [4.78, 5) is 23.8. The molecule has 0 unspecified atom stereocenters. The van der Waals surface area contributed by atoms with Gasteiger partial charge in [0.15, 0.2) is 6.61 Å². The van der Waals surface area contributed by atoms with Crippen LogP contribution in [0.4, 0.5) is 5.69 Å². The van der Waals surface area contributed by atoms with Crippen LogP contribution in [0.25, 0.3) is 0 Å². The van der Waals surface area contributed by atoms with E-state index >= 15 is 0 Å². The molecule has 0 fully saturated rings. The Morgan fingerprint density at radius 2 is 1.87 bits per heavy atom. The molecule has 0 saturated heterocycles. The Hall–Kier alpha value is -3.33. The van der Waals surface area contributed by atoms with Gasteiger partial charge in [-0.15, -0.1) is 10.2 Å². The number of para-hydroxylation sites is 1. The first kappa shape index (κ1) is 21.4. The van der Waals surface area contributed by atoms with Crippen molar-refractivity contribution in [3.63, 3.8) is 0 Å². The van der Waals surface area contributed by atoms with Crippen molar-refractivity contribution >= 4 is 29.3 Å². The van der Waals surface area contributed by atoms with Crippen molar-refractivity contribution in [3.05, 3.63) is 65.5 Å². The van der Waals surface area contributed by atoms with E-state index in [-0.39, 0.29) is 23.5 Å². The second kappa shape index (κ2) is 10.4. The minimum atomic E-state index is -0.399. The number of thioether (sulfide) groups is 1. The highest BCUT2D eigenvalue weighted by molar-refractivity contribution is 7.99. The molecule has 0 aliphatic rings. The van der Waals surface area contributed by atoms with Crippen LogP contribution in [0.2, 0.25) is 0 Å². The SMILES string of the molecule is CCOC(=O)c1ccc(NC(=O)CSc2nnc(COc3ccccc3C)o2)cc1. The van der Waals surface area contributed by atoms with Crippen molar-refractivity contribution in [2.45, 2.75) is 25.7 Å². The third kappa shape index (κ3) is 6.08. The van der Waals surface area contributed by atoms with Crippen molar-refractivity contribution < 1.29 is 23.5 Å². The van der Waals surface area contributed by atoms with Gasteiger partial charge in [0.2, 0.25) is 5.91 Å². The number of nitrogens with zero attached hydrogens (tertiary/aromatic N) is 2. The van der Waals surface area contributed by atoms with E-state index in [9.17, 15) is 9.59 Å². The Kier molecular flexibility index (Phi) is 7.45. The summed E-state index contributed by atoms with van der Waals surface area (Å²) in [7, 11) is 0. The molecule has 156 valence electrons. The predicted molar refractivity (Wildman–Crippen MR) is 112 cm³/mol. The lowest BCUT2D eigenvalue weighted by atomic mass is 10.2. The number of nitrogens with one attached hydrogen (secondary N) is 1. The van der Waals surface area contributed by atoms with Crippen molar-refractivity contribution in [1.82, 2.24) is 10.2 Å². The predicted octanol–water partition coefficient (Wildman–Crippen LogP) is 3.86. The molecule has 30 heavy (non-hydrogen) atoms. The molecule has 0 aliphatic heterocycles. The first-order chi connectivity index (χ1) is 14.5. The largest absolute Gasteiger partial charge is 0.484 e. The molecule has 1 aromatic heterocycles. The lowest BCUT2D eigenvalue weighted by Gasteiger charge is -2.06. The van der Waals surface area contributed by atoms with Crippen LogP contribution in [0.3, 0.4) is 0 Å². The fourth-order valence-corrected chi connectivity index (χ4v) is 3.02. The van der Waals surface area contributed by atoms with E-state index in [0.717, 1.165) is 23.1 Å². The molecule has 1 N–H and O–H groups in total. The van der Waals surface area contributed by atoms with Gasteiger partial charge in [0.05, 0.1) is 17.9 Å². The van der Waals surface area contributed by atoms with E-state index in [2.05, 4.69) is 15.5 Å². The summed E-state index contributed by atoms with van der Waals surface area (Å²) in [5, 5.41) is 10.9. The number of benzene rings is 2. The third-order valence-electron chi connectivity index (χ3n) is 3.90. The number of carbonyl (C=O) groups is 2. The molecule has 0 spiro atoms. The second-order valence-electron chi connectivity index (χ2n) is 6.15. The van der Waals surface area contributed by atoms with Crippen LogP contribution in [-0.2, 0) is 16.1 Å². The topological polar surface area (TPSA) is 104 Å². The second-order valence-corrected chi connectivity index (χ2v) is 7.08. The number of hydrogen-bond donors (Lipinski definition) is 1. The van der Waals surface area contributed by atoms with Gasteiger partial charge in [-0.05, 0) is 49.7 Å². The van der Waals surface area contributed by atoms with E-state index in [1.165, 1.54) is 0 Å². The van der Waals surface area contributed by atoms with Gasteiger partial charge < -0.3 is 19.2 Å². The molecule has 9 heteroatoms. The summed E-state index contributed by atoms with van der Waals surface area (Å²) in [6.07, 6.45) is 0. The minimum absolute atomic E-state index is 0.0971. The Labute approximate surface area is 178 Å². The van der Waals surface area contributed by atoms with Gasteiger partial charge in [-0.1, -0.05) is 30.0 Å². The normalized spacial score (nSPS) is 10.5. The smallest absolute Gasteiger partial charge is 0.338 e. The Morgan fingerprint density at radius 1 is 1.10 bits per heavy atom. The van der Waals surface area contributed by atoms with Crippen LogP contribution in [0.5, 0.6) is 5.75 Å². The molecule has 0 atom stereocenters. The van der Waals surface area contributed by atoms with Crippen LogP contribution in [0, 0.1) is 6.92 Å². The number of rotatable bonds is 9. The zero-order chi connectivity index (χ0) is 21.3. The molecule has 3 aromatic rings. The molecule has 1 amide bonds. The molecular weight excluding hydrogens is 406 g/mol. The summed E-state index contributed by atoms with van der Waals surface area (Å²) < 4.78 is 16.1. The fourth-order valence-electron chi connectivity index (χ4n) is 2.44. The van der Waals surface area contributed by atoms with E-state index in [0.29, 0.717) is 23.7 Å². The zero-order valence-corrected chi connectivity index (χ0v) is 17.4. The quantitative estimate of drug-likeness (QED) is 0.405. The average Bonchev–Trinajstić information content (AvgIpc) is 3.20. The molecule has 1 heterocycles.